The van der Waals surface area contributed by atoms with E-state index in [-0.39, 0.29) is 11.9 Å². The van der Waals surface area contributed by atoms with Crippen molar-refractivity contribution in [2.45, 2.75) is 58.2 Å². The molecule has 1 N–H and O–H groups in total. The van der Waals surface area contributed by atoms with E-state index < -0.39 is 0 Å². The summed E-state index contributed by atoms with van der Waals surface area (Å²) in [6, 6.07) is 10.9. The van der Waals surface area contributed by atoms with Gasteiger partial charge in [-0.3, -0.25) is 4.79 Å². The van der Waals surface area contributed by atoms with Crippen LogP contribution in [0, 0.1) is 5.92 Å². The van der Waals surface area contributed by atoms with E-state index >= 15 is 0 Å². The van der Waals surface area contributed by atoms with E-state index in [1.807, 2.05) is 30.3 Å². The fraction of sp³-hybridized carbons (Fsp3) is 0.588. The van der Waals surface area contributed by atoms with Crippen LogP contribution in [0.1, 0.15) is 45.1 Å². The predicted molar refractivity (Wildman–Crippen MR) is 80.3 cm³/mol. The van der Waals surface area contributed by atoms with E-state index in [1.54, 1.807) is 0 Å². The highest BCUT2D eigenvalue weighted by Gasteiger charge is 2.27. The summed E-state index contributed by atoms with van der Waals surface area (Å²) in [5.41, 5.74) is 1.05. The molecule has 0 saturated heterocycles. The summed E-state index contributed by atoms with van der Waals surface area (Å²) < 4.78 is 5.42. The van der Waals surface area contributed by atoms with Gasteiger partial charge in [0.05, 0.1) is 5.92 Å². The summed E-state index contributed by atoms with van der Waals surface area (Å²) in [5, 5.41) is 3.55. The third kappa shape index (κ3) is 4.64. The average molecular weight is 275 g/mol. The first kappa shape index (κ1) is 15.0. The maximum Gasteiger partial charge on any atom is 0.309 e. The zero-order chi connectivity index (χ0) is 14.4. The van der Waals surface area contributed by atoms with Crippen molar-refractivity contribution in [2.24, 2.45) is 5.92 Å². The van der Waals surface area contributed by atoms with Crippen LogP contribution in [0.15, 0.2) is 30.3 Å². The molecule has 1 aliphatic carbocycles. The lowest BCUT2D eigenvalue weighted by molar-refractivity contribution is -0.151. The van der Waals surface area contributed by atoms with Gasteiger partial charge in [0.1, 0.15) is 6.61 Å². The Morgan fingerprint density at radius 2 is 1.85 bits per heavy atom. The minimum Gasteiger partial charge on any atom is -0.461 e. The SMILES string of the molecule is CC(C)NC1CCC(C(=O)OCc2ccccc2)CC1. The van der Waals surface area contributed by atoms with Crippen LogP contribution in [0.4, 0.5) is 0 Å². The number of hydrogen-bond acceptors (Lipinski definition) is 3. The number of carbonyl (C=O) groups is 1. The van der Waals surface area contributed by atoms with Gasteiger partial charge >= 0.3 is 5.97 Å². The largest absolute Gasteiger partial charge is 0.461 e. The second-order valence-electron chi connectivity index (χ2n) is 5.96. The van der Waals surface area contributed by atoms with Crippen LogP contribution >= 0.6 is 0 Å². The van der Waals surface area contributed by atoms with Gasteiger partial charge in [0, 0.05) is 12.1 Å². The highest BCUT2D eigenvalue weighted by atomic mass is 16.5. The molecule has 1 aliphatic rings. The molecule has 0 aromatic heterocycles. The van der Waals surface area contributed by atoms with Crippen molar-refractivity contribution >= 4 is 5.97 Å². The topological polar surface area (TPSA) is 38.3 Å². The third-order valence-electron chi connectivity index (χ3n) is 3.85. The summed E-state index contributed by atoms with van der Waals surface area (Å²) >= 11 is 0. The van der Waals surface area contributed by atoms with Gasteiger partial charge in [0.2, 0.25) is 0 Å². The Bertz CT molecular complexity index is 408. The molecule has 1 aromatic carbocycles. The molecule has 1 saturated carbocycles. The Labute approximate surface area is 121 Å². The zero-order valence-electron chi connectivity index (χ0n) is 12.5. The van der Waals surface area contributed by atoms with E-state index in [2.05, 4.69) is 19.2 Å². The summed E-state index contributed by atoms with van der Waals surface area (Å²) in [7, 11) is 0. The van der Waals surface area contributed by atoms with Gasteiger partial charge in [0.25, 0.3) is 0 Å². The first-order valence-electron chi connectivity index (χ1n) is 7.61. The molecule has 3 nitrogen and oxygen atoms in total. The molecule has 20 heavy (non-hydrogen) atoms. The Hall–Kier alpha value is -1.35. The number of nitrogens with one attached hydrogen (secondary N) is 1. The molecule has 0 heterocycles. The predicted octanol–water partition coefficient (Wildman–Crippen LogP) is 3.29. The van der Waals surface area contributed by atoms with E-state index in [4.69, 9.17) is 4.74 Å². The van der Waals surface area contributed by atoms with E-state index in [0.29, 0.717) is 18.7 Å². The monoisotopic (exact) mass is 275 g/mol. The maximum absolute atomic E-state index is 12.1. The van der Waals surface area contributed by atoms with Crippen LogP contribution in [0.2, 0.25) is 0 Å². The number of ether oxygens (including phenoxy) is 1. The van der Waals surface area contributed by atoms with Gasteiger partial charge in [-0.1, -0.05) is 44.2 Å². The molecule has 0 spiro atoms. The minimum absolute atomic E-state index is 0.0307. The van der Waals surface area contributed by atoms with E-state index in [1.165, 1.54) is 0 Å². The lowest BCUT2D eigenvalue weighted by atomic mass is 9.86. The molecule has 0 aliphatic heterocycles. The maximum atomic E-state index is 12.1. The van der Waals surface area contributed by atoms with Gasteiger partial charge in [-0.25, -0.2) is 0 Å². The quantitative estimate of drug-likeness (QED) is 0.838. The highest BCUT2D eigenvalue weighted by Crippen LogP contribution is 2.26. The lowest BCUT2D eigenvalue weighted by Crippen LogP contribution is -2.38. The van der Waals surface area contributed by atoms with Gasteiger partial charge in [-0.05, 0) is 31.2 Å². The molecule has 0 radical (unpaired) electrons. The van der Waals surface area contributed by atoms with Crippen LogP contribution in [0.5, 0.6) is 0 Å². The van der Waals surface area contributed by atoms with Gasteiger partial charge in [0.15, 0.2) is 0 Å². The number of esters is 1. The van der Waals surface area contributed by atoms with Crippen molar-refractivity contribution in [2.75, 3.05) is 0 Å². The molecular formula is C17H25NO2. The molecule has 1 fully saturated rings. The average Bonchev–Trinajstić information content (AvgIpc) is 2.46. The minimum atomic E-state index is -0.0307. The van der Waals surface area contributed by atoms with Crippen LogP contribution in [-0.2, 0) is 16.1 Å². The lowest BCUT2D eigenvalue weighted by Gasteiger charge is -2.29. The van der Waals surface area contributed by atoms with Crippen LogP contribution in [0.3, 0.4) is 0 Å². The van der Waals surface area contributed by atoms with Gasteiger partial charge in [-0.2, -0.15) is 0 Å². The molecule has 110 valence electrons. The van der Waals surface area contributed by atoms with Crippen molar-refractivity contribution in [1.82, 2.24) is 5.32 Å². The molecular weight excluding hydrogens is 250 g/mol. The first-order valence-corrected chi connectivity index (χ1v) is 7.61. The van der Waals surface area contributed by atoms with Crippen molar-refractivity contribution in [3.05, 3.63) is 35.9 Å². The van der Waals surface area contributed by atoms with Gasteiger partial charge in [-0.15, -0.1) is 0 Å². The van der Waals surface area contributed by atoms with E-state index in [9.17, 15) is 4.79 Å². The molecule has 3 heteroatoms. The summed E-state index contributed by atoms with van der Waals surface area (Å²) in [5.74, 6) is 0.0563. The molecule has 0 atom stereocenters. The summed E-state index contributed by atoms with van der Waals surface area (Å²) in [4.78, 5) is 12.1. The van der Waals surface area contributed by atoms with Crippen LogP contribution < -0.4 is 5.32 Å². The molecule has 2 rings (SSSR count). The van der Waals surface area contributed by atoms with Crippen LogP contribution in [0.25, 0.3) is 0 Å². The fourth-order valence-electron chi connectivity index (χ4n) is 2.81. The number of hydrogen-bond donors (Lipinski definition) is 1. The third-order valence-corrected chi connectivity index (χ3v) is 3.85. The van der Waals surface area contributed by atoms with Crippen molar-refractivity contribution in [3.8, 4) is 0 Å². The van der Waals surface area contributed by atoms with Gasteiger partial charge < -0.3 is 10.1 Å². The second kappa shape index (κ2) is 7.44. The molecule has 1 aromatic rings. The van der Waals surface area contributed by atoms with Crippen molar-refractivity contribution in [3.63, 3.8) is 0 Å². The highest BCUT2D eigenvalue weighted by molar-refractivity contribution is 5.72. The number of benzene rings is 1. The normalized spacial score (nSPS) is 22.8. The molecule has 0 amide bonds. The fourth-order valence-corrected chi connectivity index (χ4v) is 2.81. The summed E-state index contributed by atoms with van der Waals surface area (Å²) in [6.07, 6.45) is 4.03. The van der Waals surface area contributed by atoms with Crippen molar-refractivity contribution < 1.29 is 9.53 Å². The first-order chi connectivity index (χ1) is 9.65. The Morgan fingerprint density at radius 3 is 2.45 bits per heavy atom. The molecule has 0 bridgehead atoms. The van der Waals surface area contributed by atoms with E-state index in [0.717, 1.165) is 31.2 Å². The number of carbonyl (C=O) groups excluding carboxylic acids is 1. The standard InChI is InChI=1S/C17H25NO2/c1-13(2)18-16-10-8-15(9-11-16)17(19)20-12-14-6-4-3-5-7-14/h3-7,13,15-16,18H,8-12H2,1-2H3. The Balaban J connectivity index is 1.72. The summed E-state index contributed by atoms with van der Waals surface area (Å²) in [6.45, 7) is 4.73. The van der Waals surface area contributed by atoms with Crippen LogP contribution in [-0.4, -0.2) is 18.1 Å². The number of rotatable bonds is 5. The second-order valence-corrected chi connectivity index (χ2v) is 5.96. The van der Waals surface area contributed by atoms with Crippen molar-refractivity contribution in [1.29, 1.82) is 0 Å². The smallest absolute Gasteiger partial charge is 0.309 e. The Kier molecular flexibility index (Phi) is 5.60. The molecule has 0 unspecified atom stereocenters. The zero-order valence-corrected chi connectivity index (χ0v) is 12.5. The Morgan fingerprint density at radius 1 is 1.20 bits per heavy atom.